The summed E-state index contributed by atoms with van der Waals surface area (Å²) in [4.78, 5) is 6.98. The van der Waals surface area contributed by atoms with E-state index in [2.05, 4.69) is 22.9 Å². The zero-order valence-electron chi connectivity index (χ0n) is 15.5. The fourth-order valence-electron chi connectivity index (χ4n) is 4.04. The summed E-state index contributed by atoms with van der Waals surface area (Å²) >= 11 is 0. The maximum absolute atomic E-state index is 5.95. The summed E-state index contributed by atoms with van der Waals surface area (Å²) in [5.74, 6) is 2.86. The molecule has 1 aromatic heterocycles. The lowest BCUT2D eigenvalue weighted by molar-refractivity contribution is 0.273. The number of benzene rings is 1. The van der Waals surface area contributed by atoms with Gasteiger partial charge in [-0.25, -0.2) is 0 Å². The van der Waals surface area contributed by atoms with Gasteiger partial charge >= 0.3 is 0 Å². The second-order valence-corrected chi connectivity index (χ2v) is 6.78. The average molecular weight is 343 g/mol. The highest BCUT2D eigenvalue weighted by atomic mass is 16.5. The van der Waals surface area contributed by atoms with E-state index in [9.17, 15) is 0 Å². The lowest BCUT2D eigenvalue weighted by atomic mass is 9.82. The zero-order valence-corrected chi connectivity index (χ0v) is 15.5. The number of piperidine rings is 1. The summed E-state index contributed by atoms with van der Waals surface area (Å²) in [7, 11) is 3.32. The van der Waals surface area contributed by atoms with E-state index in [0.29, 0.717) is 11.7 Å². The van der Waals surface area contributed by atoms with E-state index in [-0.39, 0.29) is 0 Å². The highest BCUT2D eigenvalue weighted by Crippen LogP contribution is 2.37. The van der Waals surface area contributed by atoms with Crippen molar-refractivity contribution >= 4 is 16.6 Å². The van der Waals surface area contributed by atoms with Gasteiger partial charge in [0.15, 0.2) is 11.5 Å². The molecule has 0 bridgehead atoms. The highest BCUT2D eigenvalue weighted by Gasteiger charge is 2.25. The van der Waals surface area contributed by atoms with Crippen LogP contribution in [0.2, 0.25) is 0 Å². The van der Waals surface area contributed by atoms with Gasteiger partial charge in [0.1, 0.15) is 0 Å². The molecule has 0 unspecified atom stereocenters. The van der Waals surface area contributed by atoms with Crippen LogP contribution in [0.3, 0.4) is 0 Å². The lowest BCUT2D eigenvalue weighted by Crippen LogP contribution is -2.37. The van der Waals surface area contributed by atoms with Crippen LogP contribution >= 0.6 is 0 Å². The van der Waals surface area contributed by atoms with E-state index in [1.165, 1.54) is 24.9 Å². The van der Waals surface area contributed by atoms with E-state index in [0.717, 1.165) is 42.2 Å². The van der Waals surface area contributed by atoms with Crippen LogP contribution in [0.15, 0.2) is 24.4 Å². The Balaban J connectivity index is 1.87. The third-order valence-corrected chi connectivity index (χ3v) is 5.60. The molecule has 1 saturated heterocycles. The van der Waals surface area contributed by atoms with Gasteiger partial charge < -0.3 is 20.1 Å². The number of nitrogens with zero attached hydrogens (tertiary/aromatic N) is 2. The molecule has 5 heteroatoms. The summed E-state index contributed by atoms with van der Waals surface area (Å²) in [5, 5.41) is 1.12. The van der Waals surface area contributed by atoms with Crippen molar-refractivity contribution in [2.75, 3.05) is 38.8 Å². The summed E-state index contributed by atoms with van der Waals surface area (Å²) < 4.78 is 10.9. The normalized spacial score (nSPS) is 16.9. The summed E-state index contributed by atoms with van der Waals surface area (Å²) in [6.07, 6.45) is 5.46. The van der Waals surface area contributed by atoms with Crippen LogP contribution in [0.1, 0.15) is 26.2 Å². The van der Waals surface area contributed by atoms with Gasteiger partial charge in [-0.1, -0.05) is 13.3 Å². The number of nitrogens with two attached hydrogens (primary N) is 1. The molecule has 0 radical (unpaired) electrons. The minimum absolute atomic E-state index is 0.653. The number of hydrogen-bond donors (Lipinski definition) is 1. The first-order chi connectivity index (χ1) is 12.2. The van der Waals surface area contributed by atoms with Gasteiger partial charge in [-0.3, -0.25) is 4.98 Å². The van der Waals surface area contributed by atoms with Gasteiger partial charge in [0.05, 0.1) is 19.7 Å². The van der Waals surface area contributed by atoms with E-state index < -0.39 is 0 Å². The van der Waals surface area contributed by atoms with Crippen molar-refractivity contribution in [3.8, 4) is 11.5 Å². The first kappa shape index (κ1) is 17.8. The standard InChI is InChI=1S/C20H29N3O2/c1-4-14(13-21)15-6-9-23(10-7-15)18-5-8-22-17-12-20(25-3)19(24-2)11-16(17)18/h5,8,11-12,14-15H,4,6-7,9-10,13,21H2,1-3H3/t14-/m1/s1. The van der Waals surface area contributed by atoms with Gasteiger partial charge in [-0.15, -0.1) is 0 Å². The average Bonchev–Trinajstić information content (AvgIpc) is 2.68. The Morgan fingerprint density at radius 2 is 1.88 bits per heavy atom. The Morgan fingerprint density at radius 1 is 1.20 bits per heavy atom. The molecular weight excluding hydrogens is 314 g/mol. The van der Waals surface area contributed by atoms with Crippen molar-refractivity contribution in [1.82, 2.24) is 4.98 Å². The Labute approximate surface area is 150 Å². The predicted molar refractivity (Wildman–Crippen MR) is 103 cm³/mol. The summed E-state index contributed by atoms with van der Waals surface area (Å²) in [6.45, 7) is 5.18. The molecule has 1 fully saturated rings. The first-order valence-corrected chi connectivity index (χ1v) is 9.17. The lowest BCUT2D eigenvalue weighted by Gasteiger charge is -2.37. The minimum atomic E-state index is 0.653. The second-order valence-electron chi connectivity index (χ2n) is 6.78. The molecule has 3 rings (SSSR count). The van der Waals surface area contributed by atoms with Crippen LogP contribution in [0, 0.1) is 11.8 Å². The van der Waals surface area contributed by atoms with Crippen molar-refractivity contribution < 1.29 is 9.47 Å². The number of ether oxygens (including phenoxy) is 2. The monoisotopic (exact) mass is 343 g/mol. The number of fused-ring (bicyclic) bond motifs is 1. The second kappa shape index (κ2) is 7.91. The van der Waals surface area contributed by atoms with Crippen LogP contribution in [0.25, 0.3) is 10.9 Å². The number of pyridine rings is 1. The predicted octanol–water partition coefficient (Wildman–Crippen LogP) is 3.45. The molecule has 1 aliphatic rings. The molecule has 136 valence electrons. The Bertz CT molecular complexity index is 707. The van der Waals surface area contributed by atoms with Gasteiger partial charge in [0.25, 0.3) is 0 Å². The van der Waals surface area contributed by atoms with Crippen molar-refractivity contribution in [2.45, 2.75) is 26.2 Å². The zero-order chi connectivity index (χ0) is 17.8. The van der Waals surface area contributed by atoms with Crippen LogP contribution in [0.5, 0.6) is 11.5 Å². The Morgan fingerprint density at radius 3 is 2.48 bits per heavy atom. The molecule has 2 aromatic rings. The van der Waals surface area contributed by atoms with Gasteiger partial charge in [-0.2, -0.15) is 0 Å². The molecule has 1 atom stereocenters. The number of rotatable bonds is 6. The molecule has 0 spiro atoms. The number of methoxy groups -OCH3 is 2. The molecule has 5 nitrogen and oxygen atoms in total. The first-order valence-electron chi connectivity index (χ1n) is 9.17. The van der Waals surface area contributed by atoms with Crippen LogP contribution in [-0.2, 0) is 0 Å². The molecule has 2 heterocycles. The van der Waals surface area contributed by atoms with Crippen molar-refractivity contribution in [2.24, 2.45) is 17.6 Å². The fourth-order valence-corrected chi connectivity index (χ4v) is 4.04. The molecule has 1 aromatic carbocycles. The topological polar surface area (TPSA) is 60.6 Å². The number of aromatic nitrogens is 1. The molecular formula is C20H29N3O2. The Kier molecular flexibility index (Phi) is 5.63. The molecule has 0 amide bonds. The third-order valence-electron chi connectivity index (χ3n) is 5.60. The highest BCUT2D eigenvalue weighted by molar-refractivity contribution is 5.94. The minimum Gasteiger partial charge on any atom is -0.493 e. The summed E-state index contributed by atoms with van der Waals surface area (Å²) in [6, 6.07) is 6.10. The van der Waals surface area contributed by atoms with Crippen molar-refractivity contribution in [3.63, 3.8) is 0 Å². The van der Waals surface area contributed by atoms with E-state index in [1.54, 1.807) is 14.2 Å². The SMILES string of the molecule is CC[C@H](CN)C1CCN(c2ccnc3cc(OC)c(OC)cc23)CC1. The number of hydrogen-bond acceptors (Lipinski definition) is 5. The van der Waals surface area contributed by atoms with E-state index in [1.807, 2.05) is 18.3 Å². The molecule has 1 aliphatic heterocycles. The van der Waals surface area contributed by atoms with Gasteiger partial charge in [0.2, 0.25) is 0 Å². The maximum Gasteiger partial charge on any atom is 0.162 e. The third kappa shape index (κ3) is 3.52. The Hall–Kier alpha value is -2.01. The van der Waals surface area contributed by atoms with Crippen molar-refractivity contribution in [1.29, 1.82) is 0 Å². The van der Waals surface area contributed by atoms with Gasteiger partial charge in [-0.05, 0) is 43.4 Å². The van der Waals surface area contributed by atoms with Gasteiger partial charge in [0, 0.05) is 36.4 Å². The molecule has 2 N–H and O–H groups in total. The van der Waals surface area contributed by atoms with E-state index >= 15 is 0 Å². The molecule has 0 aliphatic carbocycles. The largest absolute Gasteiger partial charge is 0.493 e. The molecule has 0 saturated carbocycles. The quantitative estimate of drug-likeness (QED) is 0.870. The van der Waals surface area contributed by atoms with Crippen LogP contribution in [0.4, 0.5) is 5.69 Å². The number of anilines is 1. The van der Waals surface area contributed by atoms with Crippen LogP contribution < -0.4 is 20.1 Å². The fraction of sp³-hybridized carbons (Fsp3) is 0.550. The smallest absolute Gasteiger partial charge is 0.162 e. The van der Waals surface area contributed by atoms with E-state index in [4.69, 9.17) is 15.2 Å². The van der Waals surface area contributed by atoms with Crippen LogP contribution in [-0.4, -0.2) is 38.8 Å². The maximum atomic E-state index is 5.95. The van der Waals surface area contributed by atoms with Crippen molar-refractivity contribution in [3.05, 3.63) is 24.4 Å². The molecule has 25 heavy (non-hydrogen) atoms. The summed E-state index contributed by atoms with van der Waals surface area (Å²) in [5.41, 5.74) is 8.11.